The average Bonchev–Trinajstić information content (AvgIpc) is 2.28. The van der Waals surface area contributed by atoms with Crippen LogP contribution < -0.4 is 15.4 Å². The minimum absolute atomic E-state index is 0.217. The Labute approximate surface area is 102 Å². The third kappa shape index (κ3) is 4.52. The van der Waals surface area contributed by atoms with Gasteiger partial charge in [0.25, 0.3) is 0 Å². The maximum atomic E-state index is 11.9. The van der Waals surface area contributed by atoms with Crippen LogP contribution in [-0.4, -0.2) is 25.4 Å². The zero-order valence-electron chi connectivity index (χ0n) is 9.84. The van der Waals surface area contributed by atoms with Crippen LogP contribution in [0.25, 0.3) is 0 Å². The Hall–Kier alpha value is -1.92. The average molecular weight is 262 g/mol. The standard InChI is InChI=1S/C11H13F3N2O2/c1-7(10(17)15-2)16-8-3-5-9(6-4-8)18-11(12,13)14/h3-7,16H,1-2H3,(H,15,17). The van der Waals surface area contributed by atoms with Crippen LogP contribution in [0.15, 0.2) is 24.3 Å². The number of ether oxygens (including phenoxy) is 1. The van der Waals surface area contributed by atoms with E-state index in [0.717, 1.165) is 0 Å². The molecule has 0 saturated carbocycles. The highest BCUT2D eigenvalue weighted by molar-refractivity contribution is 5.83. The Morgan fingerprint density at radius 3 is 2.28 bits per heavy atom. The first-order chi connectivity index (χ1) is 8.31. The summed E-state index contributed by atoms with van der Waals surface area (Å²) >= 11 is 0. The molecule has 1 aromatic carbocycles. The highest BCUT2D eigenvalue weighted by Gasteiger charge is 2.30. The summed E-state index contributed by atoms with van der Waals surface area (Å²) in [4.78, 5) is 11.2. The monoisotopic (exact) mass is 262 g/mol. The fraction of sp³-hybridized carbons (Fsp3) is 0.364. The molecule has 0 fully saturated rings. The van der Waals surface area contributed by atoms with Crippen molar-refractivity contribution in [2.24, 2.45) is 0 Å². The summed E-state index contributed by atoms with van der Waals surface area (Å²) in [6.45, 7) is 1.64. The van der Waals surface area contributed by atoms with Gasteiger partial charge < -0.3 is 15.4 Å². The Morgan fingerprint density at radius 1 is 1.28 bits per heavy atom. The molecule has 0 saturated heterocycles. The first-order valence-electron chi connectivity index (χ1n) is 5.16. The van der Waals surface area contributed by atoms with Gasteiger partial charge in [-0.2, -0.15) is 0 Å². The second-order valence-corrected chi connectivity index (χ2v) is 3.55. The second-order valence-electron chi connectivity index (χ2n) is 3.55. The van der Waals surface area contributed by atoms with Crippen molar-refractivity contribution < 1.29 is 22.7 Å². The first kappa shape index (κ1) is 14.1. The largest absolute Gasteiger partial charge is 0.573 e. The van der Waals surface area contributed by atoms with E-state index in [2.05, 4.69) is 15.4 Å². The molecule has 4 nitrogen and oxygen atoms in total. The van der Waals surface area contributed by atoms with Crippen molar-refractivity contribution in [3.63, 3.8) is 0 Å². The number of rotatable bonds is 4. The molecule has 0 bridgehead atoms. The second kappa shape index (κ2) is 5.61. The molecular weight excluding hydrogens is 249 g/mol. The Balaban J connectivity index is 2.63. The van der Waals surface area contributed by atoms with Gasteiger partial charge in [0.2, 0.25) is 5.91 Å². The highest BCUT2D eigenvalue weighted by atomic mass is 19.4. The lowest BCUT2D eigenvalue weighted by molar-refractivity contribution is -0.274. The molecule has 0 spiro atoms. The predicted octanol–water partition coefficient (Wildman–Crippen LogP) is 2.13. The van der Waals surface area contributed by atoms with Crippen molar-refractivity contribution in [2.45, 2.75) is 19.3 Å². The van der Waals surface area contributed by atoms with E-state index in [1.807, 2.05) is 0 Å². The molecule has 0 aromatic heterocycles. The lowest BCUT2D eigenvalue weighted by atomic mass is 10.2. The van der Waals surface area contributed by atoms with Crippen LogP contribution in [0.1, 0.15) is 6.92 Å². The summed E-state index contributed by atoms with van der Waals surface area (Å²) < 4.78 is 39.5. The van der Waals surface area contributed by atoms with E-state index in [1.165, 1.54) is 31.3 Å². The van der Waals surface area contributed by atoms with Crippen LogP contribution >= 0.6 is 0 Å². The Kier molecular flexibility index (Phi) is 4.41. The Morgan fingerprint density at radius 2 is 1.83 bits per heavy atom. The zero-order chi connectivity index (χ0) is 13.8. The van der Waals surface area contributed by atoms with E-state index in [1.54, 1.807) is 6.92 Å². The minimum atomic E-state index is -4.70. The summed E-state index contributed by atoms with van der Waals surface area (Å²) in [6.07, 6.45) is -4.70. The summed E-state index contributed by atoms with van der Waals surface area (Å²) in [6, 6.07) is 4.67. The van der Waals surface area contributed by atoms with Crippen LogP contribution in [-0.2, 0) is 4.79 Å². The molecule has 0 radical (unpaired) electrons. The minimum Gasteiger partial charge on any atom is -0.406 e. The molecule has 0 aliphatic carbocycles. The zero-order valence-corrected chi connectivity index (χ0v) is 9.84. The molecule has 7 heteroatoms. The Bertz CT molecular complexity index is 404. The SMILES string of the molecule is CNC(=O)C(C)Nc1ccc(OC(F)(F)F)cc1. The van der Waals surface area contributed by atoms with Gasteiger partial charge in [0.15, 0.2) is 0 Å². The number of benzene rings is 1. The van der Waals surface area contributed by atoms with Gasteiger partial charge in [0, 0.05) is 12.7 Å². The van der Waals surface area contributed by atoms with Crippen LogP contribution in [0.5, 0.6) is 5.75 Å². The molecule has 0 heterocycles. The molecule has 1 rings (SSSR count). The maximum Gasteiger partial charge on any atom is 0.573 e. The number of anilines is 1. The number of amides is 1. The number of likely N-dealkylation sites (N-methyl/N-ethyl adjacent to an activating group) is 1. The van der Waals surface area contributed by atoms with Crippen molar-refractivity contribution in [3.05, 3.63) is 24.3 Å². The van der Waals surface area contributed by atoms with Crippen molar-refractivity contribution in [1.82, 2.24) is 5.32 Å². The number of hydrogen-bond acceptors (Lipinski definition) is 3. The van der Waals surface area contributed by atoms with E-state index in [4.69, 9.17) is 0 Å². The molecular formula is C11H13F3N2O2. The van der Waals surface area contributed by atoms with E-state index in [-0.39, 0.29) is 11.7 Å². The van der Waals surface area contributed by atoms with Gasteiger partial charge >= 0.3 is 6.36 Å². The van der Waals surface area contributed by atoms with Crippen molar-refractivity contribution in [3.8, 4) is 5.75 Å². The van der Waals surface area contributed by atoms with Gasteiger partial charge in [-0.1, -0.05) is 0 Å². The first-order valence-corrected chi connectivity index (χ1v) is 5.16. The molecule has 1 aromatic rings. The van der Waals surface area contributed by atoms with Crippen molar-refractivity contribution in [1.29, 1.82) is 0 Å². The molecule has 1 unspecified atom stereocenters. The lowest BCUT2D eigenvalue weighted by Crippen LogP contribution is -2.35. The van der Waals surface area contributed by atoms with Gasteiger partial charge in [0.1, 0.15) is 11.8 Å². The number of hydrogen-bond donors (Lipinski definition) is 2. The summed E-state index contributed by atoms with van der Waals surface area (Å²) in [5.41, 5.74) is 0.528. The number of carbonyl (C=O) groups excluding carboxylic acids is 1. The molecule has 18 heavy (non-hydrogen) atoms. The van der Waals surface area contributed by atoms with Crippen LogP contribution in [0.4, 0.5) is 18.9 Å². The maximum absolute atomic E-state index is 11.9. The van der Waals surface area contributed by atoms with Gasteiger partial charge in [-0.05, 0) is 31.2 Å². The number of nitrogens with one attached hydrogen (secondary N) is 2. The van der Waals surface area contributed by atoms with E-state index in [0.29, 0.717) is 5.69 Å². The smallest absolute Gasteiger partial charge is 0.406 e. The van der Waals surface area contributed by atoms with Gasteiger partial charge in [-0.15, -0.1) is 13.2 Å². The fourth-order valence-electron chi connectivity index (χ4n) is 1.28. The van der Waals surface area contributed by atoms with E-state index < -0.39 is 12.4 Å². The molecule has 1 amide bonds. The van der Waals surface area contributed by atoms with Gasteiger partial charge in [-0.3, -0.25) is 4.79 Å². The lowest BCUT2D eigenvalue weighted by Gasteiger charge is -2.14. The van der Waals surface area contributed by atoms with Gasteiger partial charge in [-0.25, -0.2) is 0 Å². The molecule has 2 N–H and O–H groups in total. The van der Waals surface area contributed by atoms with Crippen LogP contribution in [0, 0.1) is 0 Å². The van der Waals surface area contributed by atoms with Crippen LogP contribution in [0.3, 0.4) is 0 Å². The van der Waals surface area contributed by atoms with Crippen LogP contribution in [0.2, 0.25) is 0 Å². The number of carbonyl (C=O) groups is 1. The molecule has 0 aliphatic heterocycles. The molecule has 1 atom stereocenters. The summed E-state index contributed by atoms with van der Waals surface area (Å²) in [7, 11) is 1.50. The normalized spacial score (nSPS) is 12.7. The highest BCUT2D eigenvalue weighted by Crippen LogP contribution is 2.24. The quantitative estimate of drug-likeness (QED) is 0.874. The fourth-order valence-corrected chi connectivity index (χ4v) is 1.28. The molecule has 100 valence electrons. The van der Waals surface area contributed by atoms with E-state index >= 15 is 0 Å². The molecule has 0 aliphatic rings. The summed E-state index contributed by atoms with van der Waals surface area (Å²) in [5, 5.41) is 5.29. The van der Waals surface area contributed by atoms with E-state index in [9.17, 15) is 18.0 Å². The third-order valence-corrected chi connectivity index (χ3v) is 2.11. The van der Waals surface area contributed by atoms with Gasteiger partial charge in [0.05, 0.1) is 0 Å². The number of alkyl halides is 3. The third-order valence-electron chi connectivity index (χ3n) is 2.11. The predicted molar refractivity (Wildman–Crippen MR) is 60.3 cm³/mol. The van der Waals surface area contributed by atoms with Crippen molar-refractivity contribution in [2.75, 3.05) is 12.4 Å². The number of halogens is 3. The summed E-state index contributed by atoms with van der Waals surface area (Å²) in [5.74, 6) is -0.522. The topological polar surface area (TPSA) is 50.4 Å². The van der Waals surface area contributed by atoms with Crippen molar-refractivity contribution >= 4 is 11.6 Å².